The van der Waals surface area contributed by atoms with Crippen LogP contribution in [0.1, 0.15) is 17.5 Å². The quantitative estimate of drug-likeness (QED) is 0.335. The number of benzene rings is 3. The minimum absolute atomic E-state index is 0.609. The van der Waals surface area contributed by atoms with E-state index in [1.807, 2.05) is 60.9 Å². The highest BCUT2D eigenvalue weighted by Crippen LogP contribution is 2.33. The van der Waals surface area contributed by atoms with Gasteiger partial charge in [0.1, 0.15) is 11.3 Å². The number of aryl methyl sites for hydroxylation is 1. The van der Waals surface area contributed by atoms with Gasteiger partial charge < -0.3 is 10.5 Å². The molecule has 0 fully saturated rings. The molecule has 2 aromatic heterocycles. The van der Waals surface area contributed by atoms with E-state index < -0.39 is 0 Å². The molecule has 0 amide bonds. The van der Waals surface area contributed by atoms with E-state index in [0.29, 0.717) is 6.61 Å². The summed E-state index contributed by atoms with van der Waals surface area (Å²) in [6.07, 6.45) is 5.51. The monoisotopic (exact) mass is 447 g/mol. The molecular weight excluding hydrogens is 420 g/mol. The van der Waals surface area contributed by atoms with Crippen LogP contribution in [0.4, 0.5) is 0 Å². The summed E-state index contributed by atoms with van der Waals surface area (Å²) >= 11 is 0. The highest BCUT2D eigenvalue weighted by molar-refractivity contribution is 5.89. The molecule has 0 aliphatic heterocycles. The van der Waals surface area contributed by atoms with Crippen molar-refractivity contribution in [1.82, 2.24) is 15.0 Å². The number of fused-ring (bicyclic) bond motifs is 1. The number of ether oxygens (including phenoxy) is 1. The molecule has 0 bridgehead atoms. The lowest BCUT2D eigenvalue weighted by Crippen LogP contribution is -2.47. The first-order valence-electron chi connectivity index (χ1n) is 11.6. The summed E-state index contributed by atoms with van der Waals surface area (Å²) in [5.74, 6) is 0.760. The van der Waals surface area contributed by atoms with Gasteiger partial charge in [0.2, 0.25) is 0 Å². The number of nitrogens with zero attached hydrogens (tertiary/aromatic N) is 3. The second-order valence-electron chi connectivity index (χ2n) is 8.17. The predicted molar refractivity (Wildman–Crippen MR) is 135 cm³/mol. The Bertz CT molecular complexity index is 1370. The Labute approximate surface area is 199 Å². The van der Waals surface area contributed by atoms with E-state index in [4.69, 9.17) is 14.7 Å². The normalized spacial score (nSPS) is 11.0. The van der Waals surface area contributed by atoms with Gasteiger partial charge in [0.25, 0.3) is 0 Å². The molecule has 0 spiro atoms. The molecule has 5 nitrogen and oxygen atoms in total. The van der Waals surface area contributed by atoms with Gasteiger partial charge in [0.15, 0.2) is 0 Å². The molecule has 0 saturated heterocycles. The lowest BCUT2D eigenvalue weighted by atomic mass is 10.0. The van der Waals surface area contributed by atoms with E-state index in [1.54, 1.807) is 0 Å². The zero-order chi connectivity index (χ0) is 23.2. The Balaban J connectivity index is 1.49. The zero-order valence-electron chi connectivity index (χ0n) is 19.0. The van der Waals surface area contributed by atoms with Crippen molar-refractivity contribution in [2.45, 2.75) is 19.4 Å². The fourth-order valence-corrected chi connectivity index (χ4v) is 4.00. The number of hydrogen-bond donors (Lipinski definition) is 1. The molecule has 5 rings (SSSR count). The van der Waals surface area contributed by atoms with Gasteiger partial charge in [0, 0.05) is 29.1 Å². The van der Waals surface area contributed by atoms with Crippen LogP contribution in [-0.4, -0.2) is 21.6 Å². The summed E-state index contributed by atoms with van der Waals surface area (Å²) in [4.78, 5) is 14.2. The SMILES string of the molecule is [NH3+]Cc1ccc(-c2nc3cccc(OCCCc4ccncc4)c3nc2-c2ccccc2)cc1. The predicted octanol–water partition coefficient (Wildman–Crippen LogP) is 5.11. The topological polar surface area (TPSA) is 75.5 Å². The molecule has 168 valence electrons. The van der Waals surface area contributed by atoms with Gasteiger partial charge in [-0.05, 0) is 42.7 Å². The van der Waals surface area contributed by atoms with E-state index in [0.717, 1.165) is 58.7 Å². The average Bonchev–Trinajstić information content (AvgIpc) is 2.91. The van der Waals surface area contributed by atoms with Gasteiger partial charge in [0.05, 0.1) is 30.1 Å². The van der Waals surface area contributed by atoms with Crippen LogP contribution in [0.3, 0.4) is 0 Å². The fourth-order valence-electron chi connectivity index (χ4n) is 4.00. The van der Waals surface area contributed by atoms with Gasteiger partial charge >= 0.3 is 0 Å². The molecule has 5 heteroatoms. The van der Waals surface area contributed by atoms with Gasteiger partial charge in [-0.1, -0.05) is 60.7 Å². The number of aromatic nitrogens is 3. The lowest BCUT2D eigenvalue weighted by Gasteiger charge is -2.13. The number of hydrogen-bond acceptors (Lipinski definition) is 4. The molecule has 2 heterocycles. The molecule has 0 aliphatic rings. The second-order valence-corrected chi connectivity index (χ2v) is 8.17. The molecular formula is C29H27N4O+. The molecule has 0 aliphatic carbocycles. The van der Waals surface area contributed by atoms with Crippen LogP contribution in [0, 0.1) is 0 Å². The van der Waals surface area contributed by atoms with Crippen LogP contribution in [0.25, 0.3) is 33.5 Å². The number of para-hydroxylation sites is 1. The van der Waals surface area contributed by atoms with Gasteiger partial charge in [-0.2, -0.15) is 0 Å². The Morgan fingerprint density at radius 2 is 1.41 bits per heavy atom. The number of quaternary nitrogens is 1. The molecule has 0 atom stereocenters. The third-order valence-corrected chi connectivity index (χ3v) is 5.84. The van der Waals surface area contributed by atoms with Crippen LogP contribution in [0.5, 0.6) is 5.75 Å². The van der Waals surface area contributed by atoms with Gasteiger partial charge in [-0.15, -0.1) is 0 Å². The third-order valence-electron chi connectivity index (χ3n) is 5.84. The van der Waals surface area contributed by atoms with E-state index in [1.165, 1.54) is 11.1 Å². The Kier molecular flexibility index (Phi) is 6.54. The molecule has 34 heavy (non-hydrogen) atoms. The molecule has 3 aromatic carbocycles. The molecule has 0 unspecified atom stereocenters. The van der Waals surface area contributed by atoms with Crippen LogP contribution < -0.4 is 10.5 Å². The van der Waals surface area contributed by atoms with Crippen molar-refractivity contribution in [2.75, 3.05) is 6.61 Å². The molecule has 0 saturated carbocycles. The third kappa shape index (κ3) is 4.80. The van der Waals surface area contributed by atoms with E-state index >= 15 is 0 Å². The molecule has 3 N–H and O–H groups in total. The standard InChI is InChI=1S/C29H26N4O/c30-20-22-11-13-24(14-12-22)27-28(23-7-2-1-3-8-23)33-29-25(32-27)9-4-10-26(29)34-19-5-6-21-15-17-31-18-16-21/h1-4,7-18H,5-6,19-20,30H2/p+1. The van der Waals surface area contributed by atoms with Crippen molar-refractivity contribution in [1.29, 1.82) is 0 Å². The van der Waals surface area contributed by atoms with Crippen molar-refractivity contribution in [3.63, 3.8) is 0 Å². The maximum Gasteiger partial charge on any atom is 0.147 e. The molecule has 0 radical (unpaired) electrons. The van der Waals surface area contributed by atoms with Crippen LogP contribution in [0.2, 0.25) is 0 Å². The summed E-state index contributed by atoms with van der Waals surface area (Å²) < 4.78 is 6.18. The first-order valence-corrected chi connectivity index (χ1v) is 11.6. The minimum Gasteiger partial charge on any atom is -0.491 e. The first kappa shape index (κ1) is 21.7. The van der Waals surface area contributed by atoms with Gasteiger partial charge in [-0.3, -0.25) is 4.98 Å². The van der Waals surface area contributed by atoms with E-state index in [9.17, 15) is 0 Å². The number of pyridine rings is 1. The van der Waals surface area contributed by atoms with Crippen LogP contribution >= 0.6 is 0 Å². The second kappa shape index (κ2) is 10.2. The van der Waals surface area contributed by atoms with E-state index in [-0.39, 0.29) is 0 Å². The Morgan fingerprint density at radius 3 is 2.18 bits per heavy atom. The molecule has 5 aromatic rings. The summed E-state index contributed by atoms with van der Waals surface area (Å²) in [5.41, 5.74) is 11.8. The zero-order valence-corrected chi connectivity index (χ0v) is 19.0. The summed E-state index contributed by atoms with van der Waals surface area (Å²) in [6.45, 7) is 1.37. The van der Waals surface area contributed by atoms with Crippen LogP contribution in [0.15, 0.2) is 97.3 Å². The maximum atomic E-state index is 6.18. The van der Waals surface area contributed by atoms with Crippen molar-refractivity contribution in [2.24, 2.45) is 0 Å². The van der Waals surface area contributed by atoms with Crippen molar-refractivity contribution < 1.29 is 10.5 Å². The Morgan fingerprint density at radius 1 is 0.676 bits per heavy atom. The lowest BCUT2D eigenvalue weighted by molar-refractivity contribution is -0.386. The first-order chi connectivity index (χ1) is 16.8. The highest BCUT2D eigenvalue weighted by Gasteiger charge is 2.15. The minimum atomic E-state index is 0.609. The van der Waals surface area contributed by atoms with Crippen molar-refractivity contribution in [3.05, 3.63) is 108 Å². The maximum absolute atomic E-state index is 6.18. The van der Waals surface area contributed by atoms with Gasteiger partial charge in [-0.25, -0.2) is 9.97 Å². The Hall–Kier alpha value is -4.09. The largest absolute Gasteiger partial charge is 0.491 e. The average molecular weight is 448 g/mol. The summed E-state index contributed by atoms with van der Waals surface area (Å²) in [6, 6.07) is 28.6. The van der Waals surface area contributed by atoms with Crippen LogP contribution in [-0.2, 0) is 13.0 Å². The van der Waals surface area contributed by atoms with Crippen molar-refractivity contribution in [3.8, 4) is 28.3 Å². The smallest absolute Gasteiger partial charge is 0.147 e. The summed E-state index contributed by atoms with van der Waals surface area (Å²) in [5, 5.41) is 0. The van der Waals surface area contributed by atoms with Crippen molar-refractivity contribution >= 4 is 11.0 Å². The summed E-state index contributed by atoms with van der Waals surface area (Å²) in [7, 11) is 0. The van der Waals surface area contributed by atoms with E-state index in [2.05, 4.69) is 47.1 Å². The fraction of sp³-hybridized carbons (Fsp3) is 0.138. The number of rotatable bonds is 8. The highest BCUT2D eigenvalue weighted by atomic mass is 16.5.